The van der Waals surface area contributed by atoms with Gasteiger partial charge in [-0.05, 0) is 49.7 Å². The van der Waals surface area contributed by atoms with Gasteiger partial charge in [-0.25, -0.2) is 0 Å². The lowest BCUT2D eigenvalue weighted by Gasteiger charge is -2.26. The summed E-state index contributed by atoms with van der Waals surface area (Å²) in [5.74, 6) is 0. The van der Waals surface area contributed by atoms with E-state index in [9.17, 15) is 0 Å². The predicted molar refractivity (Wildman–Crippen MR) is 78.4 cm³/mol. The van der Waals surface area contributed by atoms with Crippen molar-refractivity contribution in [2.24, 2.45) is 0 Å². The minimum Gasteiger partial charge on any atom is -0.360 e. The second-order valence-electron chi connectivity index (χ2n) is 4.95. The number of thiocarbonyl (C=S) groups is 1. The first-order valence-electron chi connectivity index (χ1n) is 6.72. The van der Waals surface area contributed by atoms with Gasteiger partial charge in [0.25, 0.3) is 0 Å². The maximum absolute atomic E-state index is 5.37. The molecule has 2 N–H and O–H groups in total. The highest BCUT2D eigenvalue weighted by Crippen LogP contribution is 2.17. The Morgan fingerprint density at radius 2 is 1.94 bits per heavy atom. The summed E-state index contributed by atoms with van der Waals surface area (Å²) in [6, 6.07) is 4.81. The molecule has 0 bridgehead atoms. The number of nitrogens with zero attached hydrogens (tertiary/aromatic N) is 1. The number of pyridine rings is 1. The van der Waals surface area contributed by atoms with Gasteiger partial charge < -0.3 is 10.6 Å². The van der Waals surface area contributed by atoms with Crippen molar-refractivity contribution >= 4 is 17.3 Å². The van der Waals surface area contributed by atoms with E-state index in [0.717, 1.165) is 5.11 Å². The summed E-state index contributed by atoms with van der Waals surface area (Å²) in [7, 11) is 0. The first-order valence-corrected chi connectivity index (χ1v) is 7.13. The largest absolute Gasteiger partial charge is 0.360 e. The standard InChI is InChI=1S/C14H21N3S/c1-11(12-7-9-15-10-8-12)16-14(18)17-13-5-3-2-4-6-13/h7-11,13H,2-6H2,1H3,(H2,16,17,18)/t11-/m1/s1. The molecule has 0 radical (unpaired) electrons. The van der Waals surface area contributed by atoms with Crippen LogP contribution in [0.5, 0.6) is 0 Å². The summed E-state index contributed by atoms with van der Waals surface area (Å²) in [6.07, 6.45) is 10.1. The Bertz CT molecular complexity index is 374. The van der Waals surface area contributed by atoms with E-state index in [1.807, 2.05) is 24.5 Å². The van der Waals surface area contributed by atoms with E-state index >= 15 is 0 Å². The molecule has 4 heteroatoms. The van der Waals surface area contributed by atoms with Gasteiger partial charge in [0.05, 0.1) is 6.04 Å². The lowest BCUT2D eigenvalue weighted by molar-refractivity contribution is 0.411. The fraction of sp³-hybridized carbons (Fsp3) is 0.571. The fourth-order valence-electron chi connectivity index (χ4n) is 2.41. The Morgan fingerprint density at radius 3 is 2.61 bits per heavy atom. The van der Waals surface area contributed by atoms with Crippen LogP contribution in [0.25, 0.3) is 0 Å². The summed E-state index contributed by atoms with van der Waals surface area (Å²) < 4.78 is 0. The van der Waals surface area contributed by atoms with E-state index in [2.05, 4.69) is 22.5 Å². The molecule has 1 aliphatic carbocycles. The average molecular weight is 263 g/mol. The third kappa shape index (κ3) is 3.95. The second kappa shape index (κ2) is 6.69. The molecule has 1 atom stereocenters. The zero-order valence-corrected chi connectivity index (χ0v) is 11.7. The molecule has 98 valence electrons. The highest BCUT2D eigenvalue weighted by molar-refractivity contribution is 7.80. The van der Waals surface area contributed by atoms with Crippen LogP contribution < -0.4 is 10.6 Å². The average Bonchev–Trinajstić information content (AvgIpc) is 2.40. The van der Waals surface area contributed by atoms with Gasteiger partial charge in [-0.3, -0.25) is 4.98 Å². The molecule has 1 aromatic heterocycles. The van der Waals surface area contributed by atoms with Crippen molar-refractivity contribution in [1.82, 2.24) is 15.6 Å². The number of aromatic nitrogens is 1. The van der Waals surface area contributed by atoms with Crippen molar-refractivity contribution in [1.29, 1.82) is 0 Å². The Kier molecular flexibility index (Phi) is 4.93. The zero-order chi connectivity index (χ0) is 12.8. The molecule has 1 fully saturated rings. The van der Waals surface area contributed by atoms with Crippen LogP contribution in [0.15, 0.2) is 24.5 Å². The van der Waals surface area contributed by atoms with Crippen LogP contribution in [0.3, 0.4) is 0 Å². The number of rotatable bonds is 3. The van der Waals surface area contributed by atoms with Crippen LogP contribution in [-0.2, 0) is 0 Å². The molecule has 0 spiro atoms. The van der Waals surface area contributed by atoms with E-state index in [1.54, 1.807) is 0 Å². The van der Waals surface area contributed by atoms with Gasteiger partial charge in [-0.1, -0.05) is 19.3 Å². The van der Waals surface area contributed by atoms with Crippen molar-refractivity contribution in [2.45, 2.75) is 51.1 Å². The molecule has 3 nitrogen and oxygen atoms in total. The molecule has 1 aromatic rings. The smallest absolute Gasteiger partial charge is 0.166 e. The highest BCUT2D eigenvalue weighted by atomic mass is 32.1. The molecule has 0 saturated heterocycles. The Balaban J connectivity index is 1.80. The minimum absolute atomic E-state index is 0.219. The number of nitrogens with one attached hydrogen (secondary N) is 2. The topological polar surface area (TPSA) is 37.0 Å². The molecular weight excluding hydrogens is 242 g/mol. The lowest BCUT2D eigenvalue weighted by atomic mass is 9.96. The van der Waals surface area contributed by atoms with E-state index < -0.39 is 0 Å². The molecule has 1 saturated carbocycles. The summed E-state index contributed by atoms with van der Waals surface area (Å²) in [5.41, 5.74) is 1.21. The SMILES string of the molecule is C[C@@H](NC(=S)NC1CCCCC1)c1ccncc1. The fourth-order valence-corrected chi connectivity index (χ4v) is 2.75. The van der Waals surface area contributed by atoms with Crippen molar-refractivity contribution in [2.75, 3.05) is 0 Å². The molecule has 18 heavy (non-hydrogen) atoms. The number of hydrogen-bond donors (Lipinski definition) is 2. The third-order valence-corrected chi connectivity index (χ3v) is 3.73. The first kappa shape index (κ1) is 13.3. The van der Waals surface area contributed by atoms with Crippen molar-refractivity contribution in [3.05, 3.63) is 30.1 Å². The van der Waals surface area contributed by atoms with Crippen LogP contribution in [0, 0.1) is 0 Å². The van der Waals surface area contributed by atoms with Crippen molar-refractivity contribution < 1.29 is 0 Å². The predicted octanol–water partition coefficient (Wildman–Crippen LogP) is 2.94. The minimum atomic E-state index is 0.219. The van der Waals surface area contributed by atoms with E-state index in [4.69, 9.17) is 12.2 Å². The summed E-state index contributed by atoms with van der Waals surface area (Å²) in [6.45, 7) is 2.12. The molecule has 0 aliphatic heterocycles. The van der Waals surface area contributed by atoms with Gasteiger partial charge in [-0.2, -0.15) is 0 Å². The molecule has 2 rings (SSSR count). The van der Waals surface area contributed by atoms with E-state index in [-0.39, 0.29) is 6.04 Å². The Labute approximate surface area is 114 Å². The maximum atomic E-state index is 5.37. The van der Waals surface area contributed by atoms with Gasteiger partial charge in [0.15, 0.2) is 5.11 Å². The highest BCUT2D eigenvalue weighted by Gasteiger charge is 2.15. The second-order valence-corrected chi connectivity index (χ2v) is 5.36. The summed E-state index contributed by atoms with van der Waals surface area (Å²) >= 11 is 5.37. The third-order valence-electron chi connectivity index (χ3n) is 3.49. The molecule has 0 aromatic carbocycles. The van der Waals surface area contributed by atoms with E-state index in [0.29, 0.717) is 6.04 Å². The normalized spacial score (nSPS) is 18.1. The van der Waals surface area contributed by atoms with E-state index in [1.165, 1.54) is 37.7 Å². The summed E-state index contributed by atoms with van der Waals surface area (Å²) in [5, 5.41) is 7.53. The van der Waals surface area contributed by atoms with Crippen LogP contribution in [-0.4, -0.2) is 16.1 Å². The molecule has 0 amide bonds. The maximum Gasteiger partial charge on any atom is 0.166 e. The van der Waals surface area contributed by atoms with Crippen LogP contribution in [0.1, 0.15) is 50.6 Å². The van der Waals surface area contributed by atoms with Crippen LogP contribution in [0.4, 0.5) is 0 Å². The van der Waals surface area contributed by atoms with Gasteiger partial charge in [0.2, 0.25) is 0 Å². The van der Waals surface area contributed by atoms with Crippen molar-refractivity contribution in [3.8, 4) is 0 Å². The molecule has 1 heterocycles. The first-order chi connectivity index (χ1) is 8.75. The number of hydrogen-bond acceptors (Lipinski definition) is 2. The molecular formula is C14H21N3S. The monoisotopic (exact) mass is 263 g/mol. The van der Waals surface area contributed by atoms with Gasteiger partial charge in [0.1, 0.15) is 0 Å². The van der Waals surface area contributed by atoms with Gasteiger partial charge in [-0.15, -0.1) is 0 Å². The van der Waals surface area contributed by atoms with Crippen molar-refractivity contribution in [3.63, 3.8) is 0 Å². The quantitative estimate of drug-likeness (QED) is 0.822. The van der Waals surface area contributed by atoms with Gasteiger partial charge in [0, 0.05) is 18.4 Å². The van der Waals surface area contributed by atoms with Crippen LogP contribution >= 0.6 is 12.2 Å². The Morgan fingerprint density at radius 1 is 1.28 bits per heavy atom. The Hall–Kier alpha value is -1.16. The molecule has 0 unspecified atom stereocenters. The zero-order valence-electron chi connectivity index (χ0n) is 10.9. The molecule has 1 aliphatic rings. The lowest BCUT2D eigenvalue weighted by Crippen LogP contribution is -2.43. The van der Waals surface area contributed by atoms with Crippen LogP contribution in [0.2, 0.25) is 0 Å². The van der Waals surface area contributed by atoms with Gasteiger partial charge >= 0.3 is 0 Å². The summed E-state index contributed by atoms with van der Waals surface area (Å²) in [4.78, 5) is 4.02.